The summed E-state index contributed by atoms with van der Waals surface area (Å²) in [6.07, 6.45) is 1.53. The number of nitrogens with zero attached hydrogens (tertiary/aromatic N) is 1. The molecule has 1 unspecified atom stereocenters. The molecule has 0 saturated carbocycles. The highest BCUT2D eigenvalue weighted by Gasteiger charge is 2.53. The Morgan fingerprint density at radius 2 is 1.93 bits per heavy atom. The van der Waals surface area contributed by atoms with E-state index in [1.807, 2.05) is 0 Å². The van der Waals surface area contributed by atoms with Crippen LogP contribution in [0.1, 0.15) is 18.4 Å². The number of sulfonamides is 1. The lowest BCUT2D eigenvalue weighted by molar-refractivity contribution is -0.0774. The van der Waals surface area contributed by atoms with E-state index in [2.05, 4.69) is 0 Å². The molecule has 5 nitrogen and oxygen atoms in total. The summed E-state index contributed by atoms with van der Waals surface area (Å²) >= 11 is 0. The minimum Gasteiger partial charge on any atom is -0.377 e. The Morgan fingerprint density at radius 1 is 1.14 bits per heavy atom. The van der Waals surface area contributed by atoms with Gasteiger partial charge >= 0.3 is 0 Å². The fourth-order valence-corrected chi connectivity index (χ4v) is 5.56. The first-order chi connectivity index (χ1) is 13.9. The zero-order valence-corrected chi connectivity index (χ0v) is 16.7. The lowest BCUT2D eigenvalue weighted by Gasteiger charge is -2.46. The highest BCUT2D eigenvalue weighted by atomic mass is 32.2. The third-order valence-electron chi connectivity index (χ3n) is 5.53. The van der Waals surface area contributed by atoms with Gasteiger partial charge in [-0.25, -0.2) is 17.2 Å². The van der Waals surface area contributed by atoms with Crippen molar-refractivity contribution in [2.24, 2.45) is 5.92 Å². The van der Waals surface area contributed by atoms with Gasteiger partial charge in [-0.3, -0.25) is 0 Å². The summed E-state index contributed by atoms with van der Waals surface area (Å²) in [7, 11) is -3.71. The van der Waals surface area contributed by atoms with Gasteiger partial charge in [-0.15, -0.1) is 0 Å². The predicted octanol–water partition coefficient (Wildman–Crippen LogP) is 3.35. The Hall–Kier alpha value is -1.87. The van der Waals surface area contributed by atoms with E-state index in [0.29, 0.717) is 18.8 Å². The van der Waals surface area contributed by atoms with Crippen LogP contribution < -0.4 is 0 Å². The first kappa shape index (κ1) is 20.4. The predicted molar refractivity (Wildman–Crippen MR) is 103 cm³/mol. The van der Waals surface area contributed by atoms with E-state index in [-0.39, 0.29) is 36.3 Å². The second kappa shape index (κ2) is 8.10. The van der Waals surface area contributed by atoms with Crippen LogP contribution in [0, 0.1) is 17.6 Å². The third kappa shape index (κ3) is 4.35. The van der Waals surface area contributed by atoms with E-state index in [1.54, 1.807) is 18.2 Å². The second-order valence-electron chi connectivity index (χ2n) is 7.73. The fourth-order valence-electron chi connectivity index (χ4n) is 3.93. The van der Waals surface area contributed by atoms with Crippen molar-refractivity contribution in [3.05, 3.63) is 65.7 Å². The fraction of sp³-hybridized carbons (Fsp3) is 0.429. The monoisotopic (exact) mass is 423 g/mol. The van der Waals surface area contributed by atoms with Crippen LogP contribution in [-0.2, 0) is 26.1 Å². The summed E-state index contributed by atoms with van der Waals surface area (Å²) in [4.78, 5) is -0.0385. The van der Waals surface area contributed by atoms with E-state index in [0.717, 1.165) is 18.9 Å². The van der Waals surface area contributed by atoms with Crippen molar-refractivity contribution in [1.29, 1.82) is 0 Å². The molecule has 1 atom stereocenters. The zero-order chi connectivity index (χ0) is 20.5. The summed E-state index contributed by atoms with van der Waals surface area (Å²) in [6.45, 7) is 1.82. The van der Waals surface area contributed by atoms with Gasteiger partial charge in [0.05, 0.1) is 23.7 Å². The SMILES string of the molecule is O=S(=O)(c1cccc(F)c1)N1CC2(CC(CCOCc3ccccc3F)CO2)C1. The van der Waals surface area contributed by atoms with Gasteiger partial charge in [0.25, 0.3) is 0 Å². The molecule has 0 aliphatic carbocycles. The van der Waals surface area contributed by atoms with E-state index in [1.165, 1.54) is 28.6 Å². The van der Waals surface area contributed by atoms with Crippen molar-refractivity contribution in [3.8, 4) is 0 Å². The maximum atomic E-state index is 13.6. The lowest BCUT2D eigenvalue weighted by Crippen LogP contribution is -2.63. The lowest BCUT2D eigenvalue weighted by atomic mass is 9.88. The van der Waals surface area contributed by atoms with Crippen molar-refractivity contribution >= 4 is 10.0 Å². The summed E-state index contributed by atoms with van der Waals surface area (Å²) in [5.74, 6) is -0.576. The van der Waals surface area contributed by atoms with Crippen molar-refractivity contribution in [2.75, 3.05) is 26.3 Å². The Bertz CT molecular complexity index is 976. The quantitative estimate of drug-likeness (QED) is 0.641. The number of ether oxygens (including phenoxy) is 2. The molecule has 2 aromatic carbocycles. The second-order valence-corrected chi connectivity index (χ2v) is 9.67. The summed E-state index contributed by atoms with van der Waals surface area (Å²) in [6, 6.07) is 11.6. The zero-order valence-electron chi connectivity index (χ0n) is 15.9. The summed E-state index contributed by atoms with van der Waals surface area (Å²) in [5, 5.41) is 0. The molecule has 29 heavy (non-hydrogen) atoms. The summed E-state index contributed by atoms with van der Waals surface area (Å²) in [5.41, 5.74) is 0.0696. The van der Waals surface area contributed by atoms with Crippen LogP contribution >= 0.6 is 0 Å². The smallest absolute Gasteiger partial charge is 0.243 e. The van der Waals surface area contributed by atoms with Crippen molar-refractivity contribution < 1.29 is 26.7 Å². The third-order valence-corrected chi connectivity index (χ3v) is 7.32. The Morgan fingerprint density at radius 3 is 2.69 bits per heavy atom. The van der Waals surface area contributed by atoms with Crippen LogP contribution in [-0.4, -0.2) is 44.6 Å². The van der Waals surface area contributed by atoms with E-state index >= 15 is 0 Å². The minimum absolute atomic E-state index is 0.0385. The number of benzene rings is 2. The van der Waals surface area contributed by atoms with Crippen LogP contribution in [0.15, 0.2) is 53.4 Å². The van der Waals surface area contributed by atoms with Crippen LogP contribution in [0.25, 0.3) is 0 Å². The standard InChI is InChI=1S/C21H23F2NO4S/c22-18-5-3-6-19(10-18)29(25,26)24-14-21(15-24)11-16(12-28-21)8-9-27-13-17-4-1-2-7-20(17)23/h1-7,10,16H,8-9,11-15H2. The molecule has 2 heterocycles. The first-order valence-corrected chi connectivity index (χ1v) is 11.0. The van der Waals surface area contributed by atoms with Gasteiger partial charge in [0, 0.05) is 25.3 Å². The van der Waals surface area contributed by atoms with Gasteiger partial charge in [-0.1, -0.05) is 24.3 Å². The molecule has 0 bridgehead atoms. The van der Waals surface area contributed by atoms with Crippen molar-refractivity contribution in [2.45, 2.75) is 29.9 Å². The van der Waals surface area contributed by atoms with Crippen LogP contribution in [0.4, 0.5) is 8.78 Å². The van der Waals surface area contributed by atoms with Crippen molar-refractivity contribution in [3.63, 3.8) is 0 Å². The molecule has 2 saturated heterocycles. The number of halogens is 2. The van der Waals surface area contributed by atoms with Gasteiger partial charge in [0.15, 0.2) is 0 Å². The number of rotatable bonds is 7. The topological polar surface area (TPSA) is 55.8 Å². The van der Waals surface area contributed by atoms with Gasteiger partial charge in [-0.2, -0.15) is 4.31 Å². The summed E-state index contributed by atoms with van der Waals surface area (Å²) < 4.78 is 65.0. The van der Waals surface area contributed by atoms with Crippen LogP contribution in [0.3, 0.4) is 0 Å². The Balaban J connectivity index is 1.24. The number of hydrogen-bond acceptors (Lipinski definition) is 4. The molecule has 4 rings (SSSR count). The van der Waals surface area contributed by atoms with E-state index < -0.39 is 21.4 Å². The number of hydrogen-bond donors (Lipinski definition) is 0. The maximum absolute atomic E-state index is 13.6. The average Bonchev–Trinajstić information content (AvgIpc) is 3.10. The minimum atomic E-state index is -3.71. The van der Waals surface area contributed by atoms with Gasteiger partial charge in [0.2, 0.25) is 10.0 Å². The van der Waals surface area contributed by atoms with E-state index in [4.69, 9.17) is 9.47 Å². The Labute approximate surface area is 169 Å². The van der Waals surface area contributed by atoms with Crippen LogP contribution in [0.5, 0.6) is 0 Å². The maximum Gasteiger partial charge on any atom is 0.243 e. The van der Waals surface area contributed by atoms with E-state index in [9.17, 15) is 17.2 Å². The molecule has 0 N–H and O–H groups in total. The molecule has 0 aromatic heterocycles. The largest absolute Gasteiger partial charge is 0.377 e. The van der Waals surface area contributed by atoms with Crippen LogP contribution in [0.2, 0.25) is 0 Å². The highest BCUT2D eigenvalue weighted by Crippen LogP contribution is 2.41. The molecule has 2 aromatic rings. The first-order valence-electron chi connectivity index (χ1n) is 9.59. The molecular weight excluding hydrogens is 400 g/mol. The van der Waals surface area contributed by atoms with Gasteiger partial charge in [0.1, 0.15) is 11.6 Å². The van der Waals surface area contributed by atoms with Crippen molar-refractivity contribution in [1.82, 2.24) is 4.31 Å². The molecule has 0 radical (unpaired) electrons. The average molecular weight is 423 g/mol. The Kier molecular flexibility index (Phi) is 5.70. The van der Waals surface area contributed by atoms with Gasteiger partial charge in [-0.05, 0) is 43.0 Å². The normalized spacial score (nSPS) is 21.4. The molecule has 2 aliphatic rings. The molecule has 156 valence electrons. The molecule has 0 amide bonds. The molecule has 8 heteroatoms. The molecule has 1 spiro atoms. The molecule has 2 aliphatic heterocycles. The molecular formula is C21H23F2NO4S. The molecule has 2 fully saturated rings. The van der Waals surface area contributed by atoms with Gasteiger partial charge < -0.3 is 9.47 Å². The highest BCUT2D eigenvalue weighted by molar-refractivity contribution is 7.89.